The van der Waals surface area contributed by atoms with Gasteiger partial charge in [-0.15, -0.1) is 0 Å². The first-order chi connectivity index (χ1) is 29.9. The number of furan rings is 1. The highest BCUT2D eigenvalue weighted by Gasteiger charge is 2.20. The number of nitrogens with zero attached hydrogens (tertiary/aromatic N) is 2. The maximum absolute atomic E-state index is 9.93. The minimum Gasteiger partial charge on any atom is -0.456 e. The lowest BCUT2D eigenvalue weighted by Gasteiger charge is -2.13. The first kappa shape index (κ1) is 19.4. The van der Waals surface area contributed by atoms with Gasteiger partial charge in [0, 0.05) is 32.6 Å². The Morgan fingerprint density at radius 3 is 1.90 bits per heavy atom. The zero-order valence-corrected chi connectivity index (χ0v) is 26.8. The lowest BCUT2D eigenvalue weighted by molar-refractivity contribution is 0.669. The smallest absolute Gasteiger partial charge is 0.138 e. The second-order valence-corrected chi connectivity index (χ2v) is 12.5. The summed E-state index contributed by atoms with van der Waals surface area (Å²) in [4.78, 5) is 0. The van der Waals surface area contributed by atoms with Crippen LogP contribution in [0.4, 0.5) is 0 Å². The lowest BCUT2D eigenvalue weighted by Crippen LogP contribution is -1.96. The van der Waals surface area contributed by atoms with Crippen molar-refractivity contribution in [2.45, 2.75) is 0 Å². The van der Waals surface area contributed by atoms with E-state index in [0.717, 1.165) is 49.4 Å². The molecule has 0 atom stereocenters. The Morgan fingerprint density at radius 2 is 1.06 bits per heavy atom. The van der Waals surface area contributed by atoms with Crippen LogP contribution in [0.3, 0.4) is 0 Å². The molecule has 11 rings (SSSR count). The fourth-order valence-corrected chi connectivity index (χ4v) is 7.53. The van der Waals surface area contributed by atoms with Crippen molar-refractivity contribution in [3.8, 4) is 33.6 Å². The van der Waals surface area contributed by atoms with Gasteiger partial charge in [-0.3, -0.25) is 0 Å². The summed E-state index contributed by atoms with van der Waals surface area (Å²) in [5.74, 6) is 0. The number of hydrogen-bond acceptors (Lipinski definition) is 1. The van der Waals surface area contributed by atoms with Gasteiger partial charge in [-0.25, -0.2) is 0 Å². The highest BCUT2D eigenvalue weighted by Crippen LogP contribution is 2.42. The standard InChI is InChI=1S/C48H30N2O/c1-3-13-31(14-4-1)34-29-45(48-39-19-9-12-22-46(39)51-47(48)30-34)50-42-21-11-8-18-37(42)40-27-32(24-26-43(40)50)33-23-25-38-36-17-7-10-20-41(36)49(44(38)28-33)35-15-5-2-6-16-35/h1-30H/i1D,3D,4D,9D,12D,13D,14D,19D,22D,29D,30D. The van der Waals surface area contributed by atoms with Gasteiger partial charge in [0.2, 0.25) is 0 Å². The normalized spacial score (nSPS) is 14.9. The summed E-state index contributed by atoms with van der Waals surface area (Å²) in [7, 11) is 0. The molecule has 3 heteroatoms. The fourth-order valence-electron chi connectivity index (χ4n) is 7.53. The van der Waals surface area contributed by atoms with Crippen molar-refractivity contribution in [1.82, 2.24) is 9.13 Å². The quantitative estimate of drug-likeness (QED) is 0.184. The maximum atomic E-state index is 9.93. The number of rotatable bonds is 4. The molecule has 0 N–H and O–H groups in total. The Balaban J connectivity index is 1.24. The number of hydrogen-bond donors (Lipinski definition) is 0. The van der Waals surface area contributed by atoms with E-state index in [2.05, 4.69) is 53.1 Å². The molecule has 0 amide bonds. The van der Waals surface area contributed by atoms with Crippen molar-refractivity contribution in [1.29, 1.82) is 0 Å². The van der Waals surface area contributed by atoms with Crippen LogP contribution in [0.1, 0.15) is 15.1 Å². The van der Waals surface area contributed by atoms with E-state index in [1.54, 1.807) is 4.57 Å². The van der Waals surface area contributed by atoms with Gasteiger partial charge in [0.05, 0.1) is 48.2 Å². The molecule has 0 spiro atoms. The van der Waals surface area contributed by atoms with Crippen LogP contribution in [0.15, 0.2) is 186 Å². The van der Waals surface area contributed by atoms with Gasteiger partial charge >= 0.3 is 0 Å². The Hall–Kier alpha value is -6.84. The molecule has 0 aliphatic rings. The van der Waals surface area contributed by atoms with Gasteiger partial charge < -0.3 is 13.6 Å². The monoisotopic (exact) mass is 661 g/mol. The molecular weight excluding hydrogens is 621 g/mol. The molecule has 0 saturated heterocycles. The zero-order valence-electron chi connectivity index (χ0n) is 37.8. The summed E-state index contributed by atoms with van der Waals surface area (Å²) in [6.45, 7) is 0. The molecule has 0 unspecified atom stereocenters. The SMILES string of the molecule is [2H]c1c([2H])c([2H])c(-c2c([2H])c(-n3c4ccccc4c4cc(-c5ccc6c7ccccc7n(-c7ccccc7)c6c5)ccc43)c3c(oc4c([2H])c([2H])c([2H])c([2H])c43)c2[2H])c([2H])c1[2H]. The summed E-state index contributed by atoms with van der Waals surface area (Å²) in [6, 6.07) is 32.4. The third-order valence-corrected chi connectivity index (χ3v) is 9.72. The van der Waals surface area contributed by atoms with Crippen LogP contribution in [0.25, 0.3) is 99.2 Å². The zero-order chi connectivity index (χ0) is 43.0. The van der Waals surface area contributed by atoms with E-state index in [0.29, 0.717) is 11.0 Å². The summed E-state index contributed by atoms with van der Waals surface area (Å²) in [6.07, 6.45) is 0. The molecule has 0 aliphatic heterocycles. The number of fused-ring (bicyclic) bond motifs is 9. The Labute approximate surface area is 309 Å². The minimum atomic E-state index is -0.641. The third kappa shape index (κ3) is 4.19. The predicted molar refractivity (Wildman–Crippen MR) is 213 cm³/mol. The van der Waals surface area contributed by atoms with E-state index in [1.165, 1.54) is 0 Å². The van der Waals surface area contributed by atoms with Gasteiger partial charge in [0.15, 0.2) is 0 Å². The van der Waals surface area contributed by atoms with E-state index >= 15 is 0 Å². The summed E-state index contributed by atoms with van der Waals surface area (Å²) in [5, 5.41) is 3.85. The van der Waals surface area contributed by atoms with Crippen LogP contribution in [-0.4, -0.2) is 9.13 Å². The van der Waals surface area contributed by atoms with E-state index in [-0.39, 0.29) is 44.8 Å². The van der Waals surface area contributed by atoms with Crippen molar-refractivity contribution in [3.05, 3.63) is 182 Å². The molecule has 11 aromatic rings. The van der Waals surface area contributed by atoms with E-state index in [1.807, 2.05) is 66.7 Å². The molecular formula is C48H30N2O. The second-order valence-electron chi connectivity index (χ2n) is 12.5. The van der Waals surface area contributed by atoms with Gasteiger partial charge in [-0.2, -0.15) is 0 Å². The van der Waals surface area contributed by atoms with E-state index in [4.69, 9.17) is 16.8 Å². The molecule has 3 aromatic heterocycles. The second kappa shape index (κ2) is 10.8. The summed E-state index contributed by atoms with van der Waals surface area (Å²) >= 11 is 0. The van der Waals surface area contributed by atoms with E-state index in [9.17, 15) is 2.74 Å². The Morgan fingerprint density at radius 1 is 0.412 bits per heavy atom. The lowest BCUT2D eigenvalue weighted by atomic mass is 10.0. The molecule has 0 bridgehead atoms. The van der Waals surface area contributed by atoms with Gasteiger partial charge in [-0.05, 0) is 82.8 Å². The van der Waals surface area contributed by atoms with Crippen LogP contribution in [0, 0.1) is 0 Å². The molecule has 0 fully saturated rings. The largest absolute Gasteiger partial charge is 0.456 e. The van der Waals surface area contributed by atoms with Crippen molar-refractivity contribution >= 4 is 65.6 Å². The van der Waals surface area contributed by atoms with E-state index < -0.39 is 60.4 Å². The topological polar surface area (TPSA) is 23.0 Å². The van der Waals surface area contributed by atoms with Gasteiger partial charge in [-0.1, -0.05) is 121 Å². The predicted octanol–water partition coefficient (Wildman–Crippen LogP) is 13.1. The molecule has 8 aromatic carbocycles. The average molecular weight is 662 g/mol. The van der Waals surface area contributed by atoms with Crippen LogP contribution in [0.2, 0.25) is 0 Å². The minimum absolute atomic E-state index is 0.0414. The molecule has 0 radical (unpaired) electrons. The van der Waals surface area contributed by atoms with Gasteiger partial charge in [0.25, 0.3) is 0 Å². The summed E-state index contributed by atoms with van der Waals surface area (Å²) in [5.41, 5.74) is 5.19. The van der Waals surface area contributed by atoms with Crippen LogP contribution >= 0.6 is 0 Å². The van der Waals surface area contributed by atoms with Crippen molar-refractivity contribution in [2.75, 3.05) is 0 Å². The number of benzene rings is 8. The maximum Gasteiger partial charge on any atom is 0.138 e. The Bertz CT molecular complexity index is 3750. The molecule has 3 heterocycles. The highest BCUT2D eigenvalue weighted by atomic mass is 16.3. The van der Waals surface area contributed by atoms with Crippen molar-refractivity contribution in [3.63, 3.8) is 0 Å². The van der Waals surface area contributed by atoms with Crippen LogP contribution < -0.4 is 0 Å². The van der Waals surface area contributed by atoms with Crippen LogP contribution in [-0.2, 0) is 0 Å². The van der Waals surface area contributed by atoms with Crippen molar-refractivity contribution < 1.29 is 19.5 Å². The Kier molecular flexibility index (Phi) is 4.11. The molecule has 0 saturated carbocycles. The van der Waals surface area contributed by atoms with Crippen LogP contribution in [0.5, 0.6) is 0 Å². The number of aromatic nitrogens is 2. The molecule has 0 aliphatic carbocycles. The highest BCUT2D eigenvalue weighted by molar-refractivity contribution is 6.16. The van der Waals surface area contributed by atoms with Crippen molar-refractivity contribution in [2.24, 2.45) is 0 Å². The fraction of sp³-hybridized carbons (Fsp3) is 0. The molecule has 51 heavy (non-hydrogen) atoms. The third-order valence-electron chi connectivity index (χ3n) is 9.72. The first-order valence-corrected chi connectivity index (χ1v) is 16.5. The number of para-hydroxylation sites is 4. The van der Waals surface area contributed by atoms with Gasteiger partial charge in [0.1, 0.15) is 11.2 Å². The molecule has 3 nitrogen and oxygen atoms in total. The molecule has 238 valence electrons. The summed E-state index contributed by atoms with van der Waals surface area (Å²) < 4.78 is 107. The average Bonchev–Trinajstić information content (AvgIpc) is 3.96. The first-order valence-electron chi connectivity index (χ1n) is 22.0.